The number of carbonyl (C=O) groups excluding carboxylic acids is 1. The van der Waals surface area contributed by atoms with E-state index in [-0.39, 0.29) is 11.8 Å². The molecule has 3 nitrogen and oxygen atoms in total. The van der Waals surface area contributed by atoms with Gasteiger partial charge in [0.05, 0.1) is 11.8 Å². The fourth-order valence-electron chi connectivity index (χ4n) is 3.59. The molecule has 0 aliphatic rings. The van der Waals surface area contributed by atoms with Crippen molar-refractivity contribution in [3.8, 4) is 0 Å². The van der Waals surface area contributed by atoms with Crippen LogP contribution in [0.1, 0.15) is 27.9 Å². The van der Waals surface area contributed by atoms with Gasteiger partial charge in [-0.25, -0.2) is 0 Å². The van der Waals surface area contributed by atoms with E-state index in [0.29, 0.717) is 12.1 Å². The molecule has 3 heteroatoms. The van der Waals surface area contributed by atoms with Crippen molar-refractivity contribution >= 4 is 16.9 Å². The molecular formula is C26H24NO2. The van der Waals surface area contributed by atoms with E-state index >= 15 is 0 Å². The molecule has 0 saturated heterocycles. The molecule has 1 aromatic heterocycles. The van der Waals surface area contributed by atoms with Crippen LogP contribution < -0.4 is 5.32 Å². The summed E-state index contributed by atoms with van der Waals surface area (Å²) in [5.41, 5.74) is 3.87. The Kier molecular flexibility index (Phi) is 6.06. The quantitative estimate of drug-likeness (QED) is 0.427. The standard InChI is InChI=1S/C26H24NO2/c28-26(24-12-7-13-25-23(24)16-17-29-25)27-19-22(18-21-10-5-2-6-11-21)15-14-20-8-3-1-4-9-20/h1-13,16-18,22H,14-15,19H2,(H,27,28). The number of carbonyl (C=O) groups is 1. The number of hydrogen-bond acceptors (Lipinski definition) is 2. The van der Waals surface area contributed by atoms with Gasteiger partial charge in [-0.2, -0.15) is 0 Å². The van der Waals surface area contributed by atoms with E-state index in [1.54, 1.807) is 6.26 Å². The van der Waals surface area contributed by atoms with Crippen molar-refractivity contribution in [2.45, 2.75) is 12.8 Å². The number of hydrogen-bond donors (Lipinski definition) is 1. The highest BCUT2D eigenvalue weighted by Crippen LogP contribution is 2.21. The lowest BCUT2D eigenvalue weighted by molar-refractivity contribution is 0.0950. The average molecular weight is 382 g/mol. The molecule has 4 aromatic rings. The molecule has 1 atom stereocenters. The third kappa shape index (κ3) is 4.94. The van der Waals surface area contributed by atoms with Crippen molar-refractivity contribution in [2.24, 2.45) is 5.92 Å². The normalized spacial score (nSPS) is 12.0. The van der Waals surface area contributed by atoms with Crippen LogP contribution in [0, 0.1) is 12.3 Å². The highest BCUT2D eigenvalue weighted by atomic mass is 16.3. The van der Waals surface area contributed by atoms with E-state index in [4.69, 9.17) is 4.42 Å². The first-order valence-electron chi connectivity index (χ1n) is 9.98. The van der Waals surface area contributed by atoms with Crippen LogP contribution in [0.3, 0.4) is 0 Å². The molecule has 1 unspecified atom stereocenters. The number of aryl methyl sites for hydroxylation is 1. The lowest BCUT2D eigenvalue weighted by Crippen LogP contribution is -2.30. The summed E-state index contributed by atoms with van der Waals surface area (Å²) in [4.78, 5) is 12.8. The summed E-state index contributed by atoms with van der Waals surface area (Å²) >= 11 is 0. The molecule has 0 fully saturated rings. The van der Waals surface area contributed by atoms with Crippen LogP contribution >= 0.6 is 0 Å². The molecule has 1 heterocycles. The maximum Gasteiger partial charge on any atom is 0.252 e. The zero-order valence-electron chi connectivity index (χ0n) is 16.3. The second-order valence-electron chi connectivity index (χ2n) is 7.21. The molecule has 3 aromatic carbocycles. The zero-order valence-corrected chi connectivity index (χ0v) is 16.3. The predicted molar refractivity (Wildman–Crippen MR) is 117 cm³/mol. The van der Waals surface area contributed by atoms with Crippen LogP contribution in [-0.2, 0) is 6.42 Å². The van der Waals surface area contributed by atoms with E-state index in [1.807, 2.05) is 48.5 Å². The Morgan fingerprint density at radius 2 is 1.66 bits per heavy atom. The van der Waals surface area contributed by atoms with Gasteiger partial charge in [0.25, 0.3) is 5.91 Å². The Bertz CT molecular complexity index is 1050. The first kappa shape index (κ1) is 19.0. The number of nitrogens with one attached hydrogen (secondary N) is 1. The van der Waals surface area contributed by atoms with Gasteiger partial charge in [-0.15, -0.1) is 0 Å². The van der Waals surface area contributed by atoms with Gasteiger partial charge in [-0.1, -0.05) is 66.7 Å². The second-order valence-corrected chi connectivity index (χ2v) is 7.21. The first-order valence-corrected chi connectivity index (χ1v) is 9.98. The lowest BCUT2D eigenvalue weighted by Gasteiger charge is -2.18. The Morgan fingerprint density at radius 3 is 2.45 bits per heavy atom. The Labute approximate surface area is 171 Å². The fourth-order valence-corrected chi connectivity index (χ4v) is 3.59. The van der Waals surface area contributed by atoms with Crippen molar-refractivity contribution in [3.63, 3.8) is 0 Å². The van der Waals surface area contributed by atoms with Gasteiger partial charge in [-0.05, 0) is 54.5 Å². The summed E-state index contributed by atoms with van der Waals surface area (Å²) < 4.78 is 5.41. The average Bonchev–Trinajstić information content (AvgIpc) is 3.26. The third-order valence-electron chi connectivity index (χ3n) is 5.14. The van der Waals surface area contributed by atoms with E-state index in [9.17, 15) is 4.79 Å². The number of amides is 1. The van der Waals surface area contributed by atoms with Gasteiger partial charge in [0.1, 0.15) is 5.58 Å². The minimum absolute atomic E-state index is 0.0665. The van der Waals surface area contributed by atoms with Crippen LogP contribution in [0.2, 0.25) is 0 Å². The second kappa shape index (κ2) is 9.24. The molecule has 29 heavy (non-hydrogen) atoms. The minimum atomic E-state index is -0.0665. The topological polar surface area (TPSA) is 42.2 Å². The summed E-state index contributed by atoms with van der Waals surface area (Å²) in [6.45, 7) is 0.592. The predicted octanol–water partition coefficient (Wildman–Crippen LogP) is 5.66. The molecule has 4 rings (SSSR count). The Balaban J connectivity index is 1.44. The van der Waals surface area contributed by atoms with Gasteiger partial charge in [-0.3, -0.25) is 4.79 Å². The van der Waals surface area contributed by atoms with Crippen molar-refractivity contribution in [1.82, 2.24) is 5.32 Å². The number of rotatable bonds is 8. The maximum absolute atomic E-state index is 12.8. The summed E-state index contributed by atoms with van der Waals surface area (Å²) in [6, 6.07) is 28.2. The Hall–Kier alpha value is -3.33. The van der Waals surface area contributed by atoms with Crippen LogP contribution in [0.4, 0.5) is 0 Å². The summed E-state index contributed by atoms with van der Waals surface area (Å²) in [5.74, 6) is 0.174. The molecule has 1 radical (unpaired) electrons. The van der Waals surface area contributed by atoms with Crippen LogP contribution in [0.15, 0.2) is 95.6 Å². The SMILES string of the molecule is O=C(NCC([CH]c1ccccc1)CCc1ccccc1)c1cccc2occc12. The fraction of sp³-hybridized carbons (Fsp3) is 0.154. The van der Waals surface area contributed by atoms with Crippen molar-refractivity contribution < 1.29 is 9.21 Å². The van der Waals surface area contributed by atoms with Crippen molar-refractivity contribution in [2.75, 3.05) is 6.54 Å². The number of benzene rings is 3. The minimum Gasteiger partial charge on any atom is -0.464 e. The number of furan rings is 1. The van der Waals surface area contributed by atoms with Crippen LogP contribution in [-0.4, -0.2) is 12.5 Å². The summed E-state index contributed by atoms with van der Waals surface area (Å²) in [5, 5.41) is 3.97. The smallest absolute Gasteiger partial charge is 0.252 e. The zero-order chi connectivity index (χ0) is 19.9. The van der Waals surface area contributed by atoms with Crippen molar-refractivity contribution in [1.29, 1.82) is 0 Å². The molecule has 1 N–H and O–H groups in total. The van der Waals surface area contributed by atoms with Gasteiger partial charge in [0, 0.05) is 11.9 Å². The largest absolute Gasteiger partial charge is 0.464 e. The van der Waals surface area contributed by atoms with E-state index in [0.717, 1.165) is 23.8 Å². The third-order valence-corrected chi connectivity index (χ3v) is 5.14. The monoisotopic (exact) mass is 382 g/mol. The molecule has 0 aliphatic heterocycles. The molecule has 0 bridgehead atoms. The molecule has 0 aliphatic carbocycles. The highest BCUT2D eigenvalue weighted by Gasteiger charge is 2.15. The van der Waals surface area contributed by atoms with Gasteiger partial charge >= 0.3 is 0 Å². The van der Waals surface area contributed by atoms with E-state index in [2.05, 4.69) is 48.1 Å². The van der Waals surface area contributed by atoms with Gasteiger partial charge < -0.3 is 9.73 Å². The van der Waals surface area contributed by atoms with E-state index in [1.165, 1.54) is 11.1 Å². The van der Waals surface area contributed by atoms with Gasteiger partial charge in [0.15, 0.2) is 0 Å². The Morgan fingerprint density at radius 1 is 0.897 bits per heavy atom. The summed E-state index contributed by atoms with van der Waals surface area (Å²) in [7, 11) is 0. The lowest BCUT2D eigenvalue weighted by atomic mass is 9.92. The number of fused-ring (bicyclic) bond motifs is 1. The van der Waals surface area contributed by atoms with Gasteiger partial charge in [0.2, 0.25) is 0 Å². The molecule has 1 amide bonds. The highest BCUT2D eigenvalue weighted by molar-refractivity contribution is 6.05. The molecular weight excluding hydrogens is 358 g/mol. The molecule has 0 spiro atoms. The summed E-state index contributed by atoms with van der Waals surface area (Å²) in [6.07, 6.45) is 5.81. The molecule has 145 valence electrons. The first-order chi connectivity index (χ1) is 14.3. The van der Waals surface area contributed by atoms with Crippen LogP contribution in [0.5, 0.6) is 0 Å². The van der Waals surface area contributed by atoms with E-state index < -0.39 is 0 Å². The van der Waals surface area contributed by atoms with Crippen molar-refractivity contribution in [3.05, 3.63) is 114 Å². The molecule has 0 saturated carbocycles. The van der Waals surface area contributed by atoms with Crippen LogP contribution in [0.25, 0.3) is 11.0 Å². The maximum atomic E-state index is 12.8.